The van der Waals surface area contributed by atoms with Gasteiger partial charge in [0.05, 0.1) is 0 Å². The van der Waals surface area contributed by atoms with Crippen molar-refractivity contribution < 1.29 is 9.53 Å². The Morgan fingerprint density at radius 3 is 2.10 bits per heavy atom. The molecular formula is C19H18O2. The number of ether oxygens (including phenoxy) is 1. The van der Waals surface area contributed by atoms with Gasteiger partial charge in [-0.25, -0.2) is 0 Å². The van der Waals surface area contributed by atoms with Crippen LogP contribution in [0.4, 0.5) is 0 Å². The van der Waals surface area contributed by atoms with Gasteiger partial charge in [0.25, 0.3) is 0 Å². The number of hydrogen-bond acceptors (Lipinski definition) is 2. The number of rotatable bonds is 1. The van der Waals surface area contributed by atoms with Gasteiger partial charge in [-0.3, -0.25) is 4.79 Å². The number of para-hydroxylation sites is 2. The molecule has 0 aromatic heterocycles. The molecule has 1 heterocycles. The van der Waals surface area contributed by atoms with E-state index in [0.717, 1.165) is 48.3 Å². The molecule has 1 aliphatic carbocycles. The second-order valence-electron chi connectivity index (χ2n) is 5.97. The third kappa shape index (κ3) is 2.06. The van der Waals surface area contributed by atoms with Crippen LogP contribution in [0, 0.1) is 5.92 Å². The predicted molar refractivity (Wildman–Crippen MR) is 81.8 cm³/mol. The molecule has 2 aromatic carbocycles. The van der Waals surface area contributed by atoms with Crippen LogP contribution < -0.4 is 4.74 Å². The van der Waals surface area contributed by atoms with Gasteiger partial charge >= 0.3 is 0 Å². The zero-order valence-corrected chi connectivity index (χ0v) is 11.9. The Morgan fingerprint density at radius 1 is 0.857 bits per heavy atom. The molecule has 0 amide bonds. The first-order valence-electron chi connectivity index (χ1n) is 7.73. The van der Waals surface area contributed by atoms with Gasteiger partial charge in [0.15, 0.2) is 0 Å². The van der Waals surface area contributed by atoms with Gasteiger partial charge in [0, 0.05) is 29.4 Å². The Labute approximate surface area is 124 Å². The summed E-state index contributed by atoms with van der Waals surface area (Å²) < 4.78 is 6.02. The number of benzene rings is 2. The molecule has 2 nitrogen and oxygen atoms in total. The first-order valence-corrected chi connectivity index (χ1v) is 7.73. The summed E-state index contributed by atoms with van der Waals surface area (Å²) in [4.78, 5) is 12.5. The van der Waals surface area contributed by atoms with E-state index in [1.165, 1.54) is 0 Å². The molecule has 1 saturated carbocycles. The number of carbonyl (C=O) groups excluding carboxylic acids is 1. The van der Waals surface area contributed by atoms with Gasteiger partial charge in [0.1, 0.15) is 17.3 Å². The Balaban J connectivity index is 1.87. The van der Waals surface area contributed by atoms with E-state index in [4.69, 9.17) is 4.74 Å². The van der Waals surface area contributed by atoms with Crippen LogP contribution in [-0.4, -0.2) is 5.78 Å². The fourth-order valence-electron chi connectivity index (χ4n) is 3.74. The Kier molecular flexibility index (Phi) is 3.03. The number of carbonyl (C=O) groups is 1. The minimum absolute atomic E-state index is 0.102. The van der Waals surface area contributed by atoms with Crippen molar-refractivity contribution in [3.8, 4) is 11.5 Å². The molecule has 21 heavy (non-hydrogen) atoms. The molecule has 0 unspecified atom stereocenters. The van der Waals surface area contributed by atoms with Crippen molar-refractivity contribution in [1.29, 1.82) is 0 Å². The topological polar surface area (TPSA) is 26.3 Å². The number of Topliss-reactive ketones (excluding diaryl/α,β-unsaturated/α-hetero) is 1. The molecule has 0 saturated heterocycles. The second-order valence-corrected chi connectivity index (χ2v) is 5.97. The first-order chi connectivity index (χ1) is 10.3. The van der Waals surface area contributed by atoms with Crippen LogP contribution in [0.15, 0.2) is 48.5 Å². The third-order valence-corrected chi connectivity index (χ3v) is 4.73. The van der Waals surface area contributed by atoms with Crippen LogP contribution >= 0.6 is 0 Å². The third-order valence-electron chi connectivity index (χ3n) is 4.73. The van der Waals surface area contributed by atoms with Crippen LogP contribution in [0.1, 0.15) is 42.7 Å². The SMILES string of the molecule is O=C1CCCC[C@@H]1C1c2ccccc2Oc2ccccc21. The first kappa shape index (κ1) is 12.6. The number of ketones is 1. The molecule has 2 aromatic rings. The van der Waals surface area contributed by atoms with Crippen LogP contribution in [-0.2, 0) is 4.79 Å². The van der Waals surface area contributed by atoms with Crippen molar-refractivity contribution in [3.05, 3.63) is 59.7 Å². The Bertz CT molecular complexity index is 644. The van der Waals surface area contributed by atoms with Crippen LogP contribution in [0.25, 0.3) is 0 Å². The van der Waals surface area contributed by atoms with Crippen molar-refractivity contribution in [1.82, 2.24) is 0 Å². The van der Waals surface area contributed by atoms with Gasteiger partial charge in [-0.15, -0.1) is 0 Å². The van der Waals surface area contributed by atoms with Crippen molar-refractivity contribution in [2.75, 3.05) is 0 Å². The molecule has 2 heteroatoms. The number of hydrogen-bond donors (Lipinski definition) is 0. The molecule has 1 aliphatic heterocycles. The summed E-state index contributed by atoms with van der Waals surface area (Å²) >= 11 is 0. The van der Waals surface area contributed by atoms with Gasteiger partial charge in [0.2, 0.25) is 0 Å². The van der Waals surface area contributed by atoms with Crippen LogP contribution in [0.5, 0.6) is 11.5 Å². The van der Waals surface area contributed by atoms with Crippen LogP contribution in [0.3, 0.4) is 0 Å². The van der Waals surface area contributed by atoms with E-state index in [2.05, 4.69) is 12.1 Å². The van der Waals surface area contributed by atoms with Crippen molar-refractivity contribution in [2.45, 2.75) is 31.6 Å². The highest BCUT2D eigenvalue weighted by Crippen LogP contribution is 2.49. The van der Waals surface area contributed by atoms with E-state index < -0.39 is 0 Å². The summed E-state index contributed by atoms with van der Waals surface area (Å²) in [5.74, 6) is 2.47. The average molecular weight is 278 g/mol. The summed E-state index contributed by atoms with van der Waals surface area (Å²) in [6.45, 7) is 0. The molecule has 0 spiro atoms. The monoisotopic (exact) mass is 278 g/mol. The van der Waals surface area contributed by atoms with Crippen molar-refractivity contribution in [2.24, 2.45) is 5.92 Å². The molecule has 0 bridgehead atoms. The van der Waals surface area contributed by atoms with E-state index in [1.54, 1.807) is 0 Å². The average Bonchev–Trinajstić information content (AvgIpc) is 2.53. The molecule has 1 fully saturated rings. The highest BCUT2D eigenvalue weighted by molar-refractivity contribution is 5.84. The minimum Gasteiger partial charge on any atom is -0.457 e. The zero-order valence-electron chi connectivity index (χ0n) is 11.9. The van der Waals surface area contributed by atoms with E-state index in [0.29, 0.717) is 5.78 Å². The van der Waals surface area contributed by atoms with Gasteiger partial charge in [-0.05, 0) is 25.0 Å². The van der Waals surface area contributed by atoms with Crippen molar-refractivity contribution in [3.63, 3.8) is 0 Å². The molecule has 0 N–H and O–H groups in total. The van der Waals surface area contributed by atoms with E-state index in [9.17, 15) is 4.79 Å². The molecule has 1 atom stereocenters. The van der Waals surface area contributed by atoms with Gasteiger partial charge in [-0.2, -0.15) is 0 Å². The summed E-state index contributed by atoms with van der Waals surface area (Å²) in [6.07, 6.45) is 3.92. The molecule has 4 rings (SSSR count). The van der Waals surface area contributed by atoms with Gasteiger partial charge < -0.3 is 4.74 Å². The second kappa shape index (κ2) is 5.03. The maximum absolute atomic E-state index is 12.5. The van der Waals surface area contributed by atoms with E-state index >= 15 is 0 Å². The Hall–Kier alpha value is -2.09. The summed E-state index contributed by atoms with van der Waals surface area (Å²) in [7, 11) is 0. The molecule has 0 radical (unpaired) electrons. The normalized spacial score (nSPS) is 21.3. The predicted octanol–water partition coefficient (Wildman–Crippen LogP) is 4.68. The molecular weight excluding hydrogens is 260 g/mol. The molecule has 2 aliphatic rings. The minimum atomic E-state index is 0.102. The smallest absolute Gasteiger partial charge is 0.136 e. The van der Waals surface area contributed by atoms with E-state index in [1.807, 2.05) is 36.4 Å². The standard InChI is InChI=1S/C19H18O2/c20-16-10-4-1-7-13(16)19-14-8-2-5-11-17(14)21-18-12-6-3-9-15(18)19/h2-3,5-6,8-9,11-13,19H,1,4,7,10H2/t13-/m0/s1. The highest BCUT2D eigenvalue weighted by Gasteiger charge is 2.37. The largest absolute Gasteiger partial charge is 0.457 e. The van der Waals surface area contributed by atoms with Crippen molar-refractivity contribution >= 4 is 5.78 Å². The fraction of sp³-hybridized carbons (Fsp3) is 0.316. The maximum Gasteiger partial charge on any atom is 0.136 e. The van der Waals surface area contributed by atoms with E-state index in [-0.39, 0.29) is 11.8 Å². The van der Waals surface area contributed by atoms with Crippen LogP contribution in [0.2, 0.25) is 0 Å². The number of fused-ring (bicyclic) bond motifs is 2. The highest BCUT2D eigenvalue weighted by atomic mass is 16.5. The molecule has 106 valence electrons. The lowest BCUT2D eigenvalue weighted by Crippen LogP contribution is -2.28. The maximum atomic E-state index is 12.5. The zero-order chi connectivity index (χ0) is 14.2. The lowest BCUT2D eigenvalue weighted by atomic mass is 9.72. The quantitative estimate of drug-likeness (QED) is 0.757. The fourth-order valence-corrected chi connectivity index (χ4v) is 3.74. The Morgan fingerprint density at radius 2 is 1.48 bits per heavy atom. The summed E-state index contributed by atoms with van der Waals surface area (Å²) in [6, 6.07) is 16.3. The lowest BCUT2D eigenvalue weighted by Gasteiger charge is -2.34. The lowest BCUT2D eigenvalue weighted by molar-refractivity contribution is -0.125. The summed E-state index contributed by atoms with van der Waals surface area (Å²) in [5.41, 5.74) is 2.33. The summed E-state index contributed by atoms with van der Waals surface area (Å²) in [5, 5.41) is 0. The van der Waals surface area contributed by atoms with Gasteiger partial charge in [-0.1, -0.05) is 42.8 Å².